The van der Waals surface area contributed by atoms with Crippen molar-refractivity contribution >= 4 is 5.91 Å². The van der Waals surface area contributed by atoms with Crippen LogP contribution in [0.2, 0.25) is 0 Å². The third-order valence-electron chi connectivity index (χ3n) is 3.41. The van der Waals surface area contributed by atoms with Gasteiger partial charge in [-0.25, -0.2) is 0 Å². The number of ether oxygens (including phenoxy) is 2. The van der Waals surface area contributed by atoms with Gasteiger partial charge in [-0.2, -0.15) is 0 Å². The van der Waals surface area contributed by atoms with Gasteiger partial charge >= 0.3 is 0 Å². The van der Waals surface area contributed by atoms with Gasteiger partial charge in [0.25, 0.3) is 0 Å². The summed E-state index contributed by atoms with van der Waals surface area (Å²) >= 11 is 0. The monoisotopic (exact) mass is 258 g/mol. The Kier molecular flexibility index (Phi) is 5.56. The van der Waals surface area contributed by atoms with Gasteiger partial charge in [-0.05, 0) is 46.5 Å². The zero-order valence-electron chi connectivity index (χ0n) is 11.6. The molecule has 106 valence electrons. The Bertz CT molecular complexity index is 271. The molecule has 3 atom stereocenters. The van der Waals surface area contributed by atoms with Gasteiger partial charge in [-0.1, -0.05) is 0 Å². The molecule has 1 rings (SSSR count). The Morgan fingerprint density at radius 1 is 1.39 bits per heavy atom. The molecule has 1 aliphatic heterocycles. The van der Waals surface area contributed by atoms with Gasteiger partial charge in [0.05, 0.1) is 23.9 Å². The van der Waals surface area contributed by atoms with Crippen LogP contribution in [0, 0.1) is 0 Å². The van der Waals surface area contributed by atoms with Crippen LogP contribution in [0.5, 0.6) is 0 Å². The fourth-order valence-electron chi connectivity index (χ4n) is 2.29. The van der Waals surface area contributed by atoms with Crippen LogP contribution < -0.4 is 11.5 Å². The molecule has 0 aliphatic carbocycles. The number of rotatable bonds is 6. The molecule has 3 unspecified atom stereocenters. The summed E-state index contributed by atoms with van der Waals surface area (Å²) in [5, 5.41) is 0. The number of nitrogens with two attached hydrogens (primary N) is 2. The van der Waals surface area contributed by atoms with E-state index in [1.54, 1.807) is 6.92 Å². The lowest BCUT2D eigenvalue weighted by molar-refractivity contribution is -0.123. The molecule has 18 heavy (non-hydrogen) atoms. The molecule has 0 radical (unpaired) electrons. The average Bonchev–Trinajstić information content (AvgIpc) is 2.23. The van der Waals surface area contributed by atoms with Gasteiger partial charge in [0.2, 0.25) is 5.91 Å². The maximum atomic E-state index is 11.0. The van der Waals surface area contributed by atoms with E-state index in [0.29, 0.717) is 13.0 Å². The van der Waals surface area contributed by atoms with Gasteiger partial charge in [0.1, 0.15) is 0 Å². The van der Waals surface area contributed by atoms with E-state index in [-0.39, 0.29) is 18.3 Å². The van der Waals surface area contributed by atoms with Crippen molar-refractivity contribution in [3.05, 3.63) is 0 Å². The lowest BCUT2D eigenvalue weighted by Crippen LogP contribution is -2.49. The zero-order chi connectivity index (χ0) is 13.8. The predicted octanol–water partition coefficient (Wildman–Crippen LogP) is 0.942. The summed E-state index contributed by atoms with van der Waals surface area (Å²) < 4.78 is 11.5. The van der Waals surface area contributed by atoms with Crippen LogP contribution >= 0.6 is 0 Å². The molecule has 1 saturated heterocycles. The topological polar surface area (TPSA) is 87.6 Å². The zero-order valence-corrected chi connectivity index (χ0v) is 11.6. The summed E-state index contributed by atoms with van der Waals surface area (Å²) in [7, 11) is 0. The van der Waals surface area contributed by atoms with Gasteiger partial charge < -0.3 is 20.9 Å². The molecule has 0 bridgehead atoms. The van der Waals surface area contributed by atoms with E-state index in [1.807, 2.05) is 0 Å². The Balaban J connectivity index is 2.20. The molecule has 0 saturated carbocycles. The number of amides is 1. The third-order valence-corrected chi connectivity index (χ3v) is 3.41. The van der Waals surface area contributed by atoms with E-state index < -0.39 is 11.4 Å². The molecule has 0 aromatic carbocycles. The van der Waals surface area contributed by atoms with Gasteiger partial charge in [0, 0.05) is 6.61 Å². The highest BCUT2D eigenvalue weighted by molar-refractivity contribution is 5.83. The fourth-order valence-corrected chi connectivity index (χ4v) is 2.29. The van der Waals surface area contributed by atoms with Crippen molar-refractivity contribution in [2.24, 2.45) is 11.5 Å². The number of carbonyl (C=O) groups excluding carboxylic acids is 1. The molecule has 1 aliphatic rings. The minimum absolute atomic E-state index is 0.251. The van der Waals surface area contributed by atoms with Crippen molar-refractivity contribution in [3.63, 3.8) is 0 Å². The number of hydrogen-bond acceptors (Lipinski definition) is 4. The molecule has 1 fully saturated rings. The minimum Gasteiger partial charge on any atom is -0.378 e. The van der Waals surface area contributed by atoms with Crippen molar-refractivity contribution in [2.45, 2.75) is 70.3 Å². The van der Waals surface area contributed by atoms with E-state index in [4.69, 9.17) is 20.9 Å². The molecule has 5 heteroatoms. The van der Waals surface area contributed by atoms with Crippen LogP contribution in [0.1, 0.15) is 46.5 Å². The minimum atomic E-state index is -0.931. The van der Waals surface area contributed by atoms with Crippen LogP contribution in [0.3, 0.4) is 0 Å². The maximum Gasteiger partial charge on any atom is 0.237 e. The third kappa shape index (κ3) is 4.92. The molecule has 0 aromatic heterocycles. The second-order valence-corrected chi connectivity index (χ2v) is 5.61. The van der Waals surface area contributed by atoms with E-state index >= 15 is 0 Å². The average molecular weight is 258 g/mol. The highest BCUT2D eigenvalue weighted by atomic mass is 16.5. The standard InChI is InChI=1S/C13H26N2O3/c1-9-7-11(8-10(2)18-9)17-6-4-5-13(3,15)12(14)16/h9-11H,4-8,15H2,1-3H3,(H2,14,16). The van der Waals surface area contributed by atoms with Crippen molar-refractivity contribution < 1.29 is 14.3 Å². The van der Waals surface area contributed by atoms with Gasteiger partial charge in [-0.15, -0.1) is 0 Å². The second kappa shape index (κ2) is 6.50. The van der Waals surface area contributed by atoms with E-state index in [9.17, 15) is 4.79 Å². The van der Waals surface area contributed by atoms with Crippen LogP contribution in [0.25, 0.3) is 0 Å². The normalized spacial score (nSPS) is 31.9. The van der Waals surface area contributed by atoms with Gasteiger partial charge in [-0.3, -0.25) is 4.79 Å². The molecule has 1 amide bonds. The second-order valence-electron chi connectivity index (χ2n) is 5.61. The summed E-state index contributed by atoms with van der Waals surface area (Å²) in [6, 6.07) is 0. The van der Waals surface area contributed by atoms with Crippen LogP contribution in [0.15, 0.2) is 0 Å². The highest BCUT2D eigenvalue weighted by Gasteiger charge is 2.27. The predicted molar refractivity (Wildman–Crippen MR) is 70.0 cm³/mol. The fraction of sp³-hybridized carbons (Fsp3) is 0.923. The number of carbonyl (C=O) groups is 1. The van der Waals surface area contributed by atoms with Gasteiger partial charge in [0.15, 0.2) is 0 Å². The largest absolute Gasteiger partial charge is 0.378 e. The molecular weight excluding hydrogens is 232 g/mol. The summed E-state index contributed by atoms with van der Waals surface area (Å²) in [6.45, 7) is 6.41. The molecule has 0 spiro atoms. The Labute approximate surface area is 109 Å². The summed E-state index contributed by atoms with van der Waals surface area (Å²) in [5.74, 6) is -0.462. The van der Waals surface area contributed by atoms with Crippen molar-refractivity contribution in [3.8, 4) is 0 Å². The maximum absolute atomic E-state index is 11.0. The summed E-state index contributed by atoms with van der Waals surface area (Å²) in [5.41, 5.74) is 10.1. The number of primary amides is 1. The van der Waals surface area contributed by atoms with Crippen molar-refractivity contribution in [1.82, 2.24) is 0 Å². The molecule has 5 nitrogen and oxygen atoms in total. The molecule has 4 N–H and O–H groups in total. The summed E-state index contributed by atoms with van der Waals surface area (Å²) in [6.07, 6.45) is 3.92. The number of hydrogen-bond donors (Lipinski definition) is 2. The van der Waals surface area contributed by atoms with Crippen LogP contribution in [-0.2, 0) is 14.3 Å². The van der Waals surface area contributed by atoms with E-state index in [1.165, 1.54) is 0 Å². The molecular formula is C13H26N2O3. The van der Waals surface area contributed by atoms with Crippen LogP contribution in [0.4, 0.5) is 0 Å². The lowest BCUT2D eigenvalue weighted by Gasteiger charge is -2.32. The Hall–Kier alpha value is -0.650. The lowest BCUT2D eigenvalue weighted by atomic mass is 9.97. The summed E-state index contributed by atoms with van der Waals surface area (Å²) in [4.78, 5) is 11.0. The SMILES string of the molecule is CC1CC(OCCCC(C)(N)C(N)=O)CC(C)O1. The first-order valence-corrected chi connectivity index (χ1v) is 6.67. The quantitative estimate of drug-likeness (QED) is 0.694. The Morgan fingerprint density at radius 2 is 1.94 bits per heavy atom. The first kappa shape index (κ1) is 15.4. The molecule has 1 heterocycles. The first-order chi connectivity index (χ1) is 8.31. The first-order valence-electron chi connectivity index (χ1n) is 6.67. The van der Waals surface area contributed by atoms with Crippen molar-refractivity contribution in [2.75, 3.05) is 6.61 Å². The Morgan fingerprint density at radius 3 is 2.44 bits per heavy atom. The van der Waals surface area contributed by atoms with Crippen molar-refractivity contribution in [1.29, 1.82) is 0 Å². The van der Waals surface area contributed by atoms with E-state index in [2.05, 4.69) is 13.8 Å². The van der Waals surface area contributed by atoms with E-state index in [0.717, 1.165) is 19.3 Å². The van der Waals surface area contributed by atoms with Crippen LogP contribution in [-0.4, -0.2) is 36.4 Å². The smallest absolute Gasteiger partial charge is 0.237 e. The molecule has 0 aromatic rings. The highest BCUT2D eigenvalue weighted by Crippen LogP contribution is 2.22.